The van der Waals surface area contributed by atoms with Crippen LogP contribution in [0.5, 0.6) is 5.75 Å². The number of carbonyl (C=O) groups excluding carboxylic acids is 1. The Balaban J connectivity index is 1.73. The molecule has 4 nitrogen and oxygen atoms in total. The highest BCUT2D eigenvalue weighted by atomic mass is 32.2. The second-order valence-corrected chi connectivity index (χ2v) is 5.90. The minimum atomic E-state index is -0.302. The number of ether oxygens (including phenoxy) is 1. The lowest BCUT2D eigenvalue weighted by Crippen LogP contribution is -2.18. The van der Waals surface area contributed by atoms with Crippen molar-refractivity contribution in [3.05, 3.63) is 70.4 Å². The molecule has 6 heteroatoms. The molecule has 0 aliphatic carbocycles. The van der Waals surface area contributed by atoms with Crippen molar-refractivity contribution in [1.29, 1.82) is 5.41 Å². The van der Waals surface area contributed by atoms with Gasteiger partial charge in [-0.3, -0.25) is 10.2 Å². The van der Waals surface area contributed by atoms with Crippen molar-refractivity contribution in [1.82, 2.24) is 5.32 Å². The number of carbonyl (C=O) groups is 1. The summed E-state index contributed by atoms with van der Waals surface area (Å²) < 4.78 is 19.2. The molecule has 1 amide bonds. The minimum absolute atomic E-state index is 0.119. The van der Waals surface area contributed by atoms with Gasteiger partial charge in [-0.1, -0.05) is 30.3 Å². The molecular weight excluding hydrogens is 315 g/mol. The fourth-order valence-corrected chi connectivity index (χ4v) is 2.77. The monoisotopic (exact) mass is 328 g/mol. The number of thioether (sulfide) groups is 1. The fraction of sp³-hybridized carbons (Fsp3) is 0.0588. The van der Waals surface area contributed by atoms with Crippen LogP contribution in [0.1, 0.15) is 11.1 Å². The van der Waals surface area contributed by atoms with Crippen LogP contribution in [0, 0.1) is 11.2 Å². The molecule has 2 N–H and O–H groups in total. The van der Waals surface area contributed by atoms with Crippen molar-refractivity contribution in [3.63, 3.8) is 0 Å². The van der Waals surface area contributed by atoms with Gasteiger partial charge in [0.1, 0.15) is 18.2 Å². The molecule has 0 radical (unpaired) electrons. The Labute approximate surface area is 136 Å². The van der Waals surface area contributed by atoms with Gasteiger partial charge in [0.05, 0.1) is 4.91 Å². The van der Waals surface area contributed by atoms with Gasteiger partial charge in [-0.05, 0) is 41.6 Å². The van der Waals surface area contributed by atoms with Gasteiger partial charge in [-0.15, -0.1) is 0 Å². The van der Waals surface area contributed by atoms with Crippen LogP contribution in [0.2, 0.25) is 0 Å². The third-order valence-corrected chi connectivity index (χ3v) is 4.00. The molecule has 0 atom stereocenters. The van der Waals surface area contributed by atoms with E-state index < -0.39 is 0 Å². The quantitative estimate of drug-likeness (QED) is 0.844. The van der Waals surface area contributed by atoms with E-state index in [1.807, 2.05) is 6.07 Å². The van der Waals surface area contributed by atoms with Crippen molar-refractivity contribution >= 4 is 28.9 Å². The molecule has 2 aromatic rings. The zero-order valence-corrected chi connectivity index (χ0v) is 12.8. The van der Waals surface area contributed by atoms with Gasteiger partial charge in [0, 0.05) is 5.56 Å². The number of rotatable bonds is 4. The van der Waals surface area contributed by atoms with Gasteiger partial charge in [0.2, 0.25) is 0 Å². The first-order chi connectivity index (χ1) is 11.1. The molecular formula is C17H13FN2O2S. The molecule has 0 bridgehead atoms. The third-order valence-electron chi connectivity index (χ3n) is 3.17. The molecule has 2 aromatic carbocycles. The molecule has 1 aliphatic heterocycles. The van der Waals surface area contributed by atoms with Crippen molar-refractivity contribution < 1.29 is 13.9 Å². The maximum Gasteiger partial charge on any atom is 0.264 e. The zero-order valence-electron chi connectivity index (χ0n) is 12.0. The Morgan fingerprint density at radius 1 is 1.22 bits per heavy atom. The summed E-state index contributed by atoms with van der Waals surface area (Å²) >= 11 is 1.08. The number of hydrogen-bond donors (Lipinski definition) is 2. The standard InChI is InChI=1S/C17H13FN2O2S/c18-14-7-2-1-5-12(14)10-22-13-6-3-4-11(8-13)9-15-16(21)20-17(19)23-15/h1-9H,10H2,(H2,19,20,21). The molecule has 1 heterocycles. The van der Waals surface area contributed by atoms with Crippen molar-refractivity contribution in [2.45, 2.75) is 6.61 Å². The van der Waals surface area contributed by atoms with E-state index in [0.29, 0.717) is 16.2 Å². The molecule has 3 rings (SSSR count). The van der Waals surface area contributed by atoms with Crippen LogP contribution in [-0.4, -0.2) is 11.1 Å². The topological polar surface area (TPSA) is 62.2 Å². The molecule has 23 heavy (non-hydrogen) atoms. The molecule has 0 unspecified atom stereocenters. The minimum Gasteiger partial charge on any atom is -0.489 e. The lowest BCUT2D eigenvalue weighted by molar-refractivity contribution is -0.115. The zero-order chi connectivity index (χ0) is 16.2. The second-order valence-electron chi connectivity index (χ2n) is 4.85. The predicted molar refractivity (Wildman–Crippen MR) is 88.6 cm³/mol. The Bertz CT molecular complexity index is 805. The SMILES string of the molecule is N=C1NC(=O)C(=Cc2cccc(OCc3ccccc3F)c2)S1. The Morgan fingerprint density at radius 3 is 2.78 bits per heavy atom. The number of hydrogen-bond acceptors (Lipinski definition) is 4. The van der Waals surface area contributed by atoms with Crippen LogP contribution in [0.15, 0.2) is 53.4 Å². The van der Waals surface area contributed by atoms with Gasteiger partial charge in [0.15, 0.2) is 5.17 Å². The third kappa shape index (κ3) is 3.78. The highest BCUT2D eigenvalue weighted by Gasteiger charge is 2.22. The highest BCUT2D eigenvalue weighted by Crippen LogP contribution is 2.26. The van der Waals surface area contributed by atoms with Gasteiger partial charge in [-0.2, -0.15) is 0 Å². The van der Waals surface area contributed by atoms with Gasteiger partial charge in [-0.25, -0.2) is 4.39 Å². The first-order valence-corrected chi connectivity index (χ1v) is 7.69. The number of benzene rings is 2. The molecule has 0 aromatic heterocycles. The van der Waals surface area contributed by atoms with Crippen molar-refractivity contribution in [2.75, 3.05) is 0 Å². The first kappa shape index (κ1) is 15.3. The fourth-order valence-electron chi connectivity index (χ4n) is 2.06. The lowest BCUT2D eigenvalue weighted by Gasteiger charge is -2.08. The normalized spacial score (nSPS) is 15.8. The first-order valence-electron chi connectivity index (χ1n) is 6.87. The summed E-state index contributed by atoms with van der Waals surface area (Å²) in [5.74, 6) is 0.00192. The van der Waals surface area contributed by atoms with Crippen LogP contribution in [0.4, 0.5) is 4.39 Å². The summed E-state index contributed by atoms with van der Waals surface area (Å²) in [4.78, 5) is 12.1. The summed E-state index contributed by atoms with van der Waals surface area (Å²) in [6.45, 7) is 0.132. The van der Waals surface area contributed by atoms with Gasteiger partial charge in [0.25, 0.3) is 5.91 Å². The van der Waals surface area contributed by atoms with Crippen molar-refractivity contribution in [3.8, 4) is 5.75 Å². The summed E-state index contributed by atoms with van der Waals surface area (Å²) in [5.41, 5.74) is 1.26. The Kier molecular flexibility index (Phi) is 4.43. The number of amides is 1. The van der Waals surface area contributed by atoms with Crippen LogP contribution >= 0.6 is 11.8 Å². The van der Waals surface area contributed by atoms with E-state index in [4.69, 9.17) is 10.1 Å². The maximum atomic E-state index is 13.6. The second kappa shape index (κ2) is 6.66. The number of nitrogens with one attached hydrogen (secondary N) is 2. The highest BCUT2D eigenvalue weighted by molar-refractivity contribution is 8.18. The Hall–Kier alpha value is -2.60. The summed E-state index contributed by atoms with van der Waals surface area (Å²) in [6.07, 6.45) is 1.69. The van der Waals surface area contributed by atoms with Crippen LogP contribution in [0.3, 0.4) is 0 Å². The molecule has 0 saturated carbocycles. The maximum absolute atomic E-state index is 13.6. The molecule has 0 spiro atoms. The van der Waals surface area contributed by atoms with E-state index in [2.05, 4.69) is 5.32 Å². The molecule has 116 valence electrons. The molecule has 1 saturated heterocycles. The van der Waals surface area contributed by atoms with E-state index in [1.54, 1.807) is 42.5 Å². The average Bonchev–Trinajstić information content (AvgIpc) is 2.84. The Morgan fingerprint density at radius 2 is 2.04 bits per heavy atom. The van der Waals surface area contributed by atoms with E-state index in [1.165, 1.54) is 6.07 Å². The average molecular weight is 328 g/mol. The van der Waals surface area contributed by atoms with Gasteiger partial charge >= 0.3 is 0 Å². The van der Waals surface area contributed by atoms with Crippen molar-refractivity contribution in [2.24, 2.45) is 0 Å². The summed E-state index contributed by atoms with van der Waals surface area (Å²) in [5, 5.41) is 9.97. The number of amidine groups is 1. The summed E-state index contributed by atoms with van der Waals surface area (Å²) in [7, 11) is 0. The van der Waals surface area contributed by atoms with Crippen LogP contribution in [0.25, 0.3) is 6.08 Å². The van der Waals surface area contributed by atoms with E-state index in [0.717, 1.165) is 17.3 Å². The molecule has 1 aliphatic rings. The van der Waals surface area contributed by atoms with Crippen LogP contribution in [-0.2, 0) is 11.4 Å². The van der Waals surface area contributed by atoms with E-state index in [-0.39, 0.29) is 23.5 Å². The van der Waals surface area contributed by atoms with Gasteiger partial charge < -0.3 is 10.1 Å². The molecule has 1 fully saturated rings. The predicted octanol–water partition coefficient (Wildman–Crippen LogP) is 3.54. The lowest BCUT2D eigenvalue weighted by atomic mass is 10.2. The smallest absolute Gasteiger partial charge is 0.264 e. The number of halogens is 1. The summed E-state index contributed by atoms with van der Waals surface area (Å²) in [6, 6.07) is 13.6. The van der Waals surface area contributed by atoms with Crippen LogP contribution < -0.4 is 10.1 Å². The largest absolute Gasteiger partial charge is 0.489 e. The van der Waals surface area contributed by atoms with E-state index >= 15 is 0 Å². The van der Waals surface area contributed by atoms with E-state index in [9.17, 15) is 9.18 Å².